The van der Waals surface area contributed by atoms with E-state index in [0.717, 1.165) is 12.8 Å². The highest BCUT2D eigenvalue weighted by Crippen LogP contribution is 2.30. The molecule has 2 aromatic heterocycles. The molecule has 2 fully saturated rings. The first kappa shape index (κ1) is 14.7. The third-order valence-electron chi connectivity index (χ3n) is 4.79. The third-order valence-corrected chi connectivity index (χ3v) is 5.77. The van der Waals surface area contributed by atoms with Gasteiger partial charge >= 0.3 is 0 Å². The van der Waals surface area contributed by atoms with Crippen molar-refractivity contribution in [2.75, 3.05) is 7.05 Å². The van der Waals surface area contributed by atoms with Crippen LogP contribution in [0.2, 0.25) is 0 Å². The highest BCUT2D eigenvalue weighted by atomic mass is 32.1. The van der Waals surface area contributed by atoms with Crippen molar-refractivity contribution in [3.05, 3.63) is 29.5 Å². The molecule has 2 aliphatic heterocycles. The SMILES string of the molecule is CN(C(=O)c1cnc(-c2ncccn2)s1)C1CC2CCC(C1)N2. The third kappa shape index (κ3) is 2.86. The summed E-state index contributed by atoms with van der Waals surface area (Å²) in [7, 11) is 1.91. The molecule has 0 radical (unpaired) electrons. The van der Waals surface area contributed by atoms with E-state index in [0.29, 0.717) is 33.8 Å². The minimum absolute atomic E-state index is 0.0518. The first-order valence-corrected chi connectivity index (χ1v) is 8.79. The number of piperidine rings is 1. The Kier molecular flexibility index (Phi) is 3.82. The smallest absolute Gasteiger partial charge is 0.265 e. The number of hydrogen-bond donors (Lipinski definition) is 1. The van der Waals surface area contributed by atoms with E-state index in [2.05, 4.69) is 20.3 Å². The van der Waals surface area contributed by atoms with Gasteiger partial charge in [0.15, 0.2) is 10.8 Å². The number of rotatable bonds is 3. The molecule has 2 bridgehead atoms. The first-order valence-electron chi connectivity index (χ1n) is 7.97. The van der Waals surface area contributed by atoms with Crippen molar-refractivity contribution in [2.24, 2.45) is 0 Å². The van der Waals surface area contributed by atoms with Crippen molar-refractivity contribution in [3.8, 4) is 10.8 Å². The van der Waals surface area contributed by atoms with Gasteiger partial charge in [0.1, 0.15) is 4.88 Å². The Labute approximate surface area is 139 Å². The van der Waals surface area contributed by atoms with Gasteiger partial charge < -0.3 is 10.2 Å². The summed E-state index contributed by atoms with van der Waals surface area (Å²) in [6.07, 6.45) is 9.58. The van der Waals surface area contributed by atoms with Crippen LogP contribution in [-0.2, 0) is 0 Å². The second-order valence-electron chi connectivity index (χ2n) is 6.28. The predicted octanol–water partition coefficient (Wildman–Crippen LogP) is 1.96. The van der Waals surface area contributed by atoms with Crippen molar-refractivity contribution in [2.45, 2.75) is 43.8 Å². The molecule has 120 valence electrons. The maximum atomic E-state index is 12.8. The molecular formula is C16H19N5OS. The average Bonchev–Trinajstić information content (AvgIpc) is 3.21. The van der Waals surface area contributed by atoms with Gasteiger partial charge in [0.2, 0.25) is 0 Å². The average molecular weight is 329 g/mol. The maximum Gasteiger partial charge on any atom is 0.265 e. The summed E-state index contributed by atoms with van der Waals surface area (Å²) in [5.74, 6) is 0.620. The van der Waals surface area contributed by atoms with Gasteiger partial charge in [-0.2, -0.15) is 0 Å². The molecule has 1 N–H and O–H groups in total. The molecule has 7 heteroatoms. The Morgan fingerprint density at radius 1 is 1.22 bits per heavy atom. The summed E-state index contributed by atoms with van der Waals surface area (Å²) in [6.45, 7) is 0. The second-order valence-corrected chi connectivity index (χ2v) is 7.31. The molecule has 2 atom stereocenters. The van der Waals surface area contributed by atoms with Crippen LogP contribution in [0.3, 0.4) is 0 Å². The van der Waals surface area contributed by atoms with Gasteiger partial charge in [0, 0.05) is 37.6 Å². The van der Waals surface area contributed by atoms with Crippen LogP contribution in [0.25, 0.3) is 10.8 Å². The molecule has 2 saturated heterocycles. The number of amides is 1. The van der Waals surface area contributed by atoms with Crippen LogP contribution in [0.5, 0.6) is 0 Å². The van der Waals surface area contributed by atoms with E-state index < -0.39 is 0 Å². The molecule has 23 heavy (non-hydrogen) atoms. The minimum atomic E-state index is 0.0518. The van der Waals surface area contributed by atoms with Crippen LogP contribution in [0.15, 0.2) is 24.7 Å². The van der Waals surface area contributed by atoms with E-state index in [4.69, 9.17) is 0 Å². The minimum Gasteiger partial charge on any atom is -0.338 e. The van der Waals surface area contributed by atoms with Crippen LogP contribution in [0.1, 0.15) is 35.4 Å². The molecule has 6 nitrogen and oxygen atoms in total. The zero-order chi connectivity index (χ0) is 15.8. The lowest BCUT2D eigenvalue weighted by molar-refractivity contribution is 0.0686. The number of carbonyl (C=O) groups is 1. The Hall–Kier alpha value is -1.86. The van der Waals surface area contributed by atoms with Gasteiger partial charge in [0.05, 0.1) is 6.20 Å². The number of thiazole rings is 1. The van der Waals surface area contributed by atoms with Crippen molar-refractivity contribution >= 4 is 17.2 Å². The quantitative estimate of drug-likeness (QED) is 0.932. The van der Waals surface area contributed by atoms with Gasteiger partial charge in [-0.15, -0.1) is 11.3 Å². The molecule has 2 aliphatic rings. The van der Waals surface area contributed by atoms with E-state index in [-0.39, 0.29) is 5.91 Å². The fraction of sp³-hybridized carbons (Fsp3) is 0.500. The Morgan fingerprint density at radius 3 is 2.61 bits per heavy atom. The van der Waals surface area contributed by atoms with E-state index in [9.17, 15) is 4.79 Å². The fourth-order valence-corrected chi connectivity index (χ4v) is 4.42. The Balaban J connectivity index is 1.49. The fourth-order valence-electron chi connectivity index (χ4n) is 3.57. The molecule has 0 spiro atoms. The summed E-state index contributed by atoms with van der Waals surface area (Å²) in [6, 6.07) is 3.23. The van der Waals surface area contributed by atoms with Crippen molar-refractivity contribution < 1.29 is 4.79 Å². The van der Waals surface area contributed by atoms with Gasteiger partial charge in [-0.1, -0.05) is 0 Å². The molecule has 2 aromatic rings. The first-order chi connectivity index (χ1) is 11.2. The van der Waals surface area contributed by atoms with Gasteiger partial charge in [-0.05, 0) is 31.7 Å². The van der Waals surface area contributed by atoms with Crippen LogP contribution in [-0.4, -0.2) is 50.9 Å². The lowest BCUT2D eigenvalue weighted by Gasteiger charge is -2.35. The van der Waals surface area contributed by atoms with Crippen LogP contribution in [0.4, 0.5) is 0 Å². The number of aromatic nitrogens is 3. The largest absolute Gasteiger partial charge is 0.338 e. The summed E-state index contributed by atoms with van der Waals surface area (Å²) < 4.78 is 0. The van der Waals surface area contributed by atoms with Crippen molar-refractivity contribution in [3.63, 3.8) is 0 Å². The second kappa shape index (κ2) is 5.98. The Bertz CT molecular complexity index is 692. The maximum absolute atomic E-state index is 12.8. The van der Waals surface area contributed by atoms with E-state index in [1.54, 1.807) is 24.7 Å². The molecule has 4 heterocycles. The summed E-state index contributed by atoms with van der Waals surface area (Å²) in [4.78, 5) is 28.0. The molecule has 2 unspecified atom stereocenters. The topological polar surface area (TPSA) is 71.0 Å². The number of carbonyl (C=O) groups excluding carboxylic acids is 1. The molecule has 1 amide bonds. The van der Waals surface area contributed by atoms with Gasteiger partial charge in [-0.25, -0.2) is 15.0 Å². The molecular weight excluding hydrogens is 310 g/mol. The van der Waals surface area contributed by atoms with Crippen molar-refractivity contribution in [1.29, 1.82) is 0 Å². The van der Waals surface area contributed by atoms with E-state index >= 15 is 0 Å². The molecule has 0 aromatic carbocycles. The lowest BCUT2D eigenvalue weighted by Crippen LogP contribution is -2.48. The van der Waals surface area contributed by atoms with Crippen LogP contribution >= 0.6 is 11.3 Å². The normalized spacial score (nSPS) is 26.2. The summed E-state index contributed by atoms with van der Waals surface area (Å²) >= 11 is 1.36. The standard InChI is InChI=1S/C16H19N5OS/c1-21(12-7-10-3-4-11(8-12)20-10)16(22)13-9-19-15(23-13)14-17-5-2-6-18-14/h2,5-6,9-12,20H,3-4,7-8H2,1H3. The Morgan fingerprint density at radius 2 is 1.91 bits per heavy atom. The number of nitrogens with one attached hydrogen (secondary N) is 1. The zero-order valence-electron chi connectivity index (χ0n) is 13.0. The number of nitrogens with zero attached hydrogens (tertiary/aromatic N) is 4. The van der Waals surface area contributed by atoms with Crippen molar-refractivity contribution in [1.82, 2.24) is 25.2 Å². The highest BCUT2D eigenvalue weighted by Gasteiger charge is 2.36. The van der Waals surface area contributed by atoms with Gasteiger partial charge in [-0.3, -0.25) is 4.79 Å². The molecule has 0 saturated carbocycles. The number of fused-ring (bicyclic) bond motifs is 2. The molecule has 0 aliphatic carbocycles. The highest BCUT2D eigenvalue weighted by molar-refractivity contribution is 7.16. The predicted molar refractivity (Wildman–Crippen MR) is 88.2 cm³/mol. The summed E-state index contributed by atoms with van der Waals surface area (Å²) in [5, 5.41) is 4.30. The zero-order valence-corrected chi connectivity index (χ0v) is 13.8. The lowest BCUT2D eigenvalue weighted by atomic mass is 9.98. The van der Waals surface area contributed by atoms with Crippen LogP contribution in [0, 0.1) is 0 Å². The van der Waals surface area contributed by atoms with E-state index in [1.807, 2.05) is 11.9 Å². The van der Waals surface area contributed by atoms with Crippen LogP contribution < -0.4 is 5.32 Å². The monoisotopic (exact) mass is 329 g/mol. The van der Waals surface area contributed by atoms with E-state index in [1.165, 1.54) is 24.2 Å². The molecule has 4 rings (SSSR count). The summed E-state index contributed by atoms with van der Waals surface area (Å²) in [5.41, 5.74) is 0. The number of hydrogen-bond acceptors (Lipinski definition) is 6. The van der Waals surface area contributed by atoms with Gasteiger partial charge in [0.25, 0.3) is 5.91 Å².